The molecule has 1 saturated heterocycles. The molecule has 1 fully saturated rings. The molecule has 20 heavy (non-hydrogen) atoms. The minimum Gasteiger partial charge on any atom is -0.393 e. The maximum Gasteiger partial charge on any atom is 0.245 e. The van der Waals surface area contributed by atoms with Crippen LogP contribution in [0.4, 0.5) is 5.69 Å². The summed E-state index contributed by atoms with van der Waals surface area (Å²) in [6.07, 6.45) is 1.04. The van der Waals surface area contributed by atoms with E-state index >= 15 is 0 Å². The second-order valence-electron chi connectivity index (χ2n) is 5.23. The van der Waals surface area contributed by atoms with Gasteiger partial charge in [-0.2, -0.15) is 4.31 Å². The molecule has 0 radical (unpaired) electrons. The third-order valence-electron chi connectivity index (χ3n) is 3.96. The Morgan fingerprint density at radius 1 is 1.30 bits per heavy atom. The van der Waals surface area contributed by atoms with Gasteiger partial charge in [-0.05, 0) is 37.8 Å². The van der Waals surface area contributed by atoms with Crippen LogP contribution in [0.5, 0.6) is 0 Å². The molecule has 112 valence electrons. The zero-order valence-electron chi connectivity index (χ0n) is 11.9. The van der Waals surface area contributed by atoms with Gasteiger partial charge in [0, 0.05) is 20.1 Å². The first-order chi connectivity index (χ1) is 9.46. The van der Waals surface area contributed by atoms with Crippen LogP contribution in [-0.2, 0) is 10.0 Å². The van der Waals surface area contributed by atoms with E-state index < -0.39 is 10.0 Å². The number of sulfonamides is 1. The standard InChI is InChI=1S/C14H22N2O3S/c1-11(17)12-7-9-16(10-8-12)20(18,19)14-6-4-3-5-13(14)15-2/h3-6,11-12,15,17H,7-10H2,1-2H3. The van der Waals surface area contributed by atoms with Crippen molar-refractivity contribution in [1.29, 1.82) is 0 Å². The molecule has 0 aromatic heterocycles. The maximum absolute atomic E-state index is 12.7. The van der Waals surface area contributed by atoms with E-state index in [1.165, 1.54) is 4.31 Å². The summed E-state index contributed by atoms with van der Waals surface area (Å²) in [6, 6.07) is 6.93. The van der Waals surface area contributed by atoms with Crippen molar-refractivity contribution in [2.75, 3.05) is 25.5 Å². The molecule has 0 bridgehead atoms. The first kappa shape index (κ1) is 15.3. The number of nitrogens with zero attached hydrogens (tertiary/aromatic N) is 1. The fourth-order valence-electron chi connectivity index (χ4n) is 2.64. The molecule has 2 N–H and O–H groups in total. The molecule has 1 heterocycles. The Kier molecular flexibility index (Phi) is 4.67. The fraction of sp³-hybridized carbons (Fsp3) is 0.571. The second kappa shape index (κ2) is 6.11. The Morgan fingerprint density at radius 3 is 2.45 bits per heavy atom. The number of para-hydroxylation sites is 1. The van der Waals surface area contributed by atoms with Gasteiger partial charge in [0.2, 0.25) is 10.0 Å². The predicted octanol–water partition coefficient (Wildman–Crippen LogP) is 1.51. The molecule has 5 nitrogen and oxygen atoms in total. The molecule has 0 spiro atoms. The number of benzene rings is 1. The SMILES string of the molecule is CNc1ccccc1S(=O)(=O)N1CCC(C(C)O)CC1. The van der Waals surface area contributed by atoms with E-state index in [0.717, 1.165) is 0 Å². The summed E-state index contributed by atoms with van der Waals surface area (Å²) in [5, 5.41) is 12.5. The van der Waals surface area contributed by atoms with Gasteiger partial charge in [-0.1, -0.05) is 12.1 Å². The summed E-state index contributed by atoms with van der Waals surface area (Å²) in [7, 11) is -1.75. The van der Waals surface area contributed by atoms with Crippen molar-refractivity contribution in [3.05, 3.63) is 24.3 Å². The van der Waals surface area contributed by atoms with Gasteiger partial charge in [0.25, 0.3) is 0 Å². The first-order valence-electron chi connectivity index (χ1n) is 6.92. The second-order valence-corrected chi connectivity index (χ2v) is 7.13. The Balaban J connectivity index is 2.20. The molecule has 1 aliphatic heterocycles. The van der Waals surface area contributed by atoms with Gasteiger partial charge in [-0.3, -0.25) is 0 Å². The number of anilines is 1. The lowest BCUT2D eigenvalue weighted by atomic mass is 9.93. The lowest BCUT2D eigenvalue weighted by Gasteiger charge is -2.32. The van der Waals surface area contributed by atoms with Crippen LogP contribution in [0.15, 0.2) is 29.2 Å². The molecule has 1 unspecified atom stereocenters. The monoisotopic (exact) mass is 298 g/mol. The van der Waals surface area contributed by atoms with Crippen LogP contribution in [0.3, 0.4) is 0 Å². The number of hydrogen-bond donors (Lipinski definition) is 2. The fourth-order valence-corrected chi connectivity index (χ4v) is 4.30. The predicted molar refractivity (Wildman–Crippen MR) is 79.2 cm³/mol. The molecule has 6 heteroatoms. The molecule has 1 aliphatic rings. The highest BCUT2D eigenvalue weighted by Crippen LogP contribution is 2.28. The average Bonchev–Trinajstić information content (AvgIpc) is 2.47. The van der Waals surface area contributed by atoms with Crippen molar-refractivity contribution >= 4 is 15.7 Å². The number of hydrogen-bond acceptors (Lipinski definition) is 4. The van der Waals surface area contributed by atoms with Crippen molar-refractivity contribution in [2.24, 2.45) is 5.92 Å². The minimum atomic E-state index is -3.46. The summed E-state index contributed by atoms with van der Waals surface area (Å²) in [4.78, 5) is 0.318. The van der Waals surface area contributed by atoms with E-state index in [9.17, 15) is 13.5 Å². The highest BCUT2D eigenvalue weighted by Gasteiger charge is 2.31. The smallest absolute Gasteiger partial charge is 0.245 e. The zero-order valence-corrected chi connectivity index (χ0v) is 12.7. The molecular formula is C14H22N2O3S. The number of piperidine rings is 1. The van der Waals surface area contributed by atoms with Crippen molar-refractivity contribution in [3.8, 4) is 0 Å². The Labute approximate surface area is 120 Å². The summed E-state index contributed by atoms with van der Waals surface area (Å²) in [5.41, 5.74) is 0.616. The van der Waals surface area contributed by atoms with Gasteiger partial charge in [0.05, 0.1) is 11.8 Å². The minimum absolute atomic E-state index is 0.195. The molecule has 1 aromatic rings. The third-order valence-corrected chi connectivity index (χ3v) is 5.91. The molecule has 0 aliphatic carbocycles. The van der Waals surface area contributed by atoms with Crippen LogP contribution in [0.25, 0.3) is 0 Å². The van der Waals surface area contributed by atoms with Crippen LogP contribution in [0.1, 0.15) is 19.8 Å². The summed E-state index contributed by atoms with van der Waals surface area (Å²) in [5.74, 6) is 0.195. The summed E-state index contributed by atoms with van der Waals surface area (Å²) in [6.45, 7) is 2.71. The number of rotatable bonds is 4. The van der Waals surface area contributed by atoms with E-state index in [2.05, 4.69) is 5.32 Å². The largest absolute Gasteiger partial charge is 0.393 e. The highest BCUT2D eigenvalue weighted by atomic mass is 32.2. The van der Waals surface area contributed by atoms with Gasteiger partial charge in [-0.25, -0.2) is 8.42 Å². The Hall–Kier alpha value is -1.11. The maximum atomic E-state index is 12.7. The van der Waals surface area contributed by atoms with E-state index in [0.29, 0.717) is 36.5 Å². The molecule has 0 amide bonds. The quantitative estimate of drug-likeness (QED) is 0.884. The van der Waals surface area contributed by atoms with Crippen molar-refractivity contribution in [3.63, 3.8) is 0 Å². The molecule has 1 aromatic carbocycles. The topological polar surface area (TPSA) is 69.6 Å². The Bertz CT molecular complexity index is 549. The van der Waals surface area contributed by atoms with E-state index in [1.807, 2.05) is 6.07 Å². The Morgan fingerprint density at radius 2 is 1.90 bits per heavy atom. The molecule has 0 saturated carbocycles. The van der Waals surface area contributed by atoms with Crippen LogP contribution < -0.4 is 5.32 Å². The first-order valence-corrected chi connectivity index (χ1v) is 8.36. The highest BCUT2D eigenvalue weighted by molar-refractivity contribution is 7.89. The van der Waals surface area contributed by atoms with Gasteiger partial charge in [0.1, 0.15) is 4.90 Å². The van der Waals surface area contributed by atoms with Crippen LogP contribution >= 0.6 is 0 Å². The van der Waals surface area contributed by atoms with Crippen molar-refractivity contribution in [1.82, 2.24) is 4.31 Å². The summed E-state index contributed by atoms with van der Waals surface area (Å²) >= 11 is 0. The number of aliphatic hydroxyl groups excluding tert-OH is 1. The van der Waals surface area contributed by atoms with Gasteiger partial charge in [0.15, 0.2) is 0 Å². The molecule has 1 atom stereocenters. The average molecular weight is 298 g/mol. The number of nitrogens with one attached hydrogen (secondary N) is 1. The van der Waals surface area contributed by atoms with E-state index in [1.54, 1.807) is 32.2 Å². The van der Waals surface area contributed by atoms with Crippen LogP contribution in [-0.4, -0.2) is 44.1 Å². The summed E-state index contributed by atoms with van der Waals surface area (Å²) < 4.78 is 26.8. The van der Waals surface area contributed by atoms with Gasteiger partial charge < -0.3 is 10.4 Å². The number of aliphatic hydroxyl groups is 1. The van der Waals surface area contributed by atoms with Crippen LogP contribution in [0.2, 0.25) is 0 Å². The molecular weight excluding hydrogens is 276 g/mol. The van der Waals surface area contributed by atoms with Gasteiger partial charge >= 0.3 is 0 Å². The zero-order chi connectivity index (χ0) is 14.8. The van der Waals surface area contributed by atoms with Gasteiger partial charge in [-0.15, -0.1) is 0 Å². The normalized spacial score (nSPS) is 19.8. The third kappa shape index (κ3) is 2.97. The van der Waals surface area contributed by atoms with Crippen molar-refractivity contribution in [2.45, 2.75) is 30.8 Å². The van der Waals surface area contributed by atoms with Crippen molar-refractivity contribution < 1.29 is 13.5 Å². The van der Waals surface area contributed by atoms with E-state index in [-0.39, 0.29) is 12.0 Å². The lowest BCUT2D eigenvalue weighted by molar-refractivity contribution is 0.0912. The van der Waals surface area contributed by atoms with Crippen LogP contribution in [0, 0.1) is 5.92 Å². The van der Waals surface area contributed by atoms with E-state index in [4.69, 9.17) is 0 Å². The lowest BCUT2D eigenvalue weighted by Crippen LogP contribution is -2.40. The molecule has 2 rings (SSSR count).